The Bertz CT molecular complexity index is 96.7. The van der Waals surface area contributed by atoms with Gasteiger partial charge in [-0.15, -0.1) is 0 Å². The Kier molecular flexibility index (Phi) is 2.34. The second-order valence-electron chi connectivity index (χ2n) is 4.58. The second-order valence-corrected chi connectivity index (χ2v) is 7.18. The van der Waals surface area contributed by atoms with E-state index < -0.39 is 0 Å². The van der Waals surface area contributed by atoms with E-state index in [0.29, 0.717) is 8.84 Å². The van der Waals surface area contributed by atoms with Crippen molar-refractivity contribution < 1.29 is 0 Å². The summed E-state index contributed by atoms with van der Waals surface area (Å²) in [6, 6.07) is 0. The minimum Gasteiger partial charge on any atom is -0.0792 e. The maximum Gasteiger partial charge on any atom is 0.0194 e. The van der Waals surface area contributed by atoms with E-state index in [4.69, 9.17) is 0 Å². The average molecular weight is 252 g/mol. The molecule has 0 nitrogen and oxygen atoms in total. The number of rotatable bonds is 0. The molecule has 0 unspecified atom stereocenters. The zero-order chi connectivity index (χ0) is 7.83. The van der Waals surface area contributed by atoms with Crippen LogP contribution in [0.2, 0.25) is 0 Å². The average Bonchev–Trinajstić information content (AvgIpc) is 1.79. The zero-order valence-corrected chi connectivity index (χ0v) is 9.36. The van der Waals surface area contributed by atoms with Gasteiger partial charge in [-0.25, -0.2) is 0 Å². The fraction of sp³-hybridized carbons (Fsp3) is 1.00. The summed E-state index contributed by atoms with van der Waals surface area (Å²) in [5, 5.41) is 0. The molecule has 0 N–H and O–H groups in total. The molecule has 0 spiro atoms. The van der Waals surface area contributed by atoms with Crippen molar-refractivity contribution in [3.05, 3.63) is 0 Å². The molecule has 0 heterocycles. The second kappa shape index (κ2) is 2.65. The van der Waals surface area contributed by atoms with Gasteiger partial charge in [-0.05, 0) is 31.1 Å². The highest BCUT2D eigenvalue weighted by Gasteiger charge is 2.32. The van der Waals surface area contributed by atoms with Crippen molar-refractivity contribution in [3.8, 4) is 0 Å². The first-order chi connectivity index (χ1) is 4.41. The summed E-state index contributed by atoms with van der Waals surface area (Å²) in [6.45, 7) is 7.15. The molecule has 1 aliphatic rings. The van der Waals surface area contributed by atoms with Crippen molar-refractivity contribution in [1.29, 1.82) is 0 Å². The van der Waals surface area contributed by atoms with E-state index in [2.05, 4.69) is 43.4 Å². The first-order valence-electron chi connectivity index (χ1n) is 4.10. The van der Waals surface area contributed by atoms with E-state index in [1.807, 2.05) is 0 Å². The fourth-order valence-corrected chi connectivity index (χ4v) is 1.99. The van der Waals surface area contributed by atoms with Crippen LogP contribution in [-0.2, 0) is 0 Å². The third kappa shape index (κ3) is 2.40. The van der Waals surface area contributed by atoms with Crippen LogP contribution in [0.25, 0.3) is 0 Å². The Hall–Kier alpha value is 0.730. The van der Waals surface area contributed by atoms with Crippen LogP contribution in [0.5, 0.6) is 0 Å². The maximum atomic E-state index is 2.61. The van der Waals surface area contributed by atoms with Gasteiger partial charge in [0.2, 0.25) is 0 Å². The Labute approximate surface area is 77.9 Å². The summed E-state index contributed by atoms with van der Waals surface area (Å²) < 4.78 is 0.604. The van der Waals surface area contributed by atoms with Gasteiger partial charge in [0, 0.05) is 3.42 Å². The summed E-state index contributed by atoms with van der Waals surface area (Å²) in [7, 11) is 0. The van der Waals surface area contributed by atoms with Crippen LogP contribution in [0.15, 0.2) is 0 Å². The Balaban J connectivity index is 2.46. The van der Waals surface area contributed by atoms with Crippen LogP contribution in [0.4, 0.5) is 0 Å². The topological polar surface area (TPSA) is 0 Å². The van der Waals surface area contributed by atoms with Crippen molar-refractivity contribution in [2.45, 2.75) is 49.9 Å². The number of hydrogen-bond donors (Lipinski definition) is 0. The zero-order valence-electron chi connectivity index (χ0n) is 7.21. The van der Waals surface area contributed by atoms with Gasteiger partial charge in [0.25, 0.3) is 0 Å². The molecule has 0 aromatic heterocycles. The Morgan fingerprint density at radius 3 is 1.60 bits per heavy atom. The lowest BCUT2D eigenvalue weighted by Crippen LogP contribution is -2.28. The molecule has 60 valence electrons. The number of hydrogen-bond acceptors (Lipinski definition) is 0. The highest BCUT2D eigenvalue weighted by atomic mass is 127. The molecular weight excluding hydrogens is 235 g/mol. The molecule has 0 aromatic rings. The van der Waals surface area contributed by atoms with Crippen LogP contribution >= 0.6 is 22.6 Å². The Morgan fingerprint density at radius 2 is 1.30 bits per heavy atom. The minimum absolute atomic E-state index is 0.604. The van der Waals surface area contributed by atoms with Gasteiger partial charge in [-0.2, -0.15) is 0 Å². The van der Waals surface area contributed by atoms with Gasteiger partial charge in [0.05, 0.1) is 0 Å². The first-order valence-corrected chi connectivity index (χ1v) is 5.18. The molecule has 1 fully saturated rings. The molecule has 0 atom stereocenters. The third-order valence-corrected chi connectivity index (χ3v) is 3.72. The van der Waals surface area contributed by atoms with Gasteiger partial charge >= 0.3 is 0 Å². The molecule has 1 aliphatic carbocycles. The van der Waals surface area contributed by atoms with Gasteiger partial charge < -0.3 is 0 Å². The van der Waals surface area contributed by atoms with Gasteiger partial charge in [-0.3, -0.25) is 0 Å². The molecule has 0 aromatic carbocycles. The van der Waals surface area contributed by atoms with Crippen molar-refractivity contribution >= 4 is 22.6 Å². The highest BCUT2D eigenvalue weighted by molar-refractivity contribution is 14.1. The lowest BCUT2D eigenvalue weighted by atomic mass is 9.74. The standard InChI is InChI=1S/C9H17I/c1-8(2)4-6-9(3,10)7-5-8/h4-7H2,1-3H3. The van der Waals surface area contributed by atoms with Crippen LogP contribution < -0.4 is 0 Å². The largest absolute Gasteiger partial charge is 0.0792 e. The predicted molar refractivity (Wildman–Crippen MR) is 54.7 cm³/mol. The quantitative estimate of drug-likeness (QED) is 0.454. The maximum absolute atomic E-state index is 2.61. The number of alkyl halides is 1. The van der Waals surface area contributed by atoms with Crippen molar-refractivity contribution in [1.82, 2.24) is 0 Å². The monoisotopic (exact) mass is 252 g/mol. The van der Waals surface area contributed by atoms with Crippen LogP contribution in [0.1, 0.15) is 46.5 Å². The highest BCUT2D eigenvalue weighted by Crippen LogP contribution is 2.44. The molecule has 0 amide bonds. The summed E-state index contributed by atoms with van der Waals surface area (Å²) in [6.07, 6.45) is 5.62. The summed E-state index contributed by atoms with van der Waals surface area (Å²) in [5.41, 5.74) is 0.630. The molecule has 0 radical (unpaired) electrons. The van der Waals surface area contributed by atoms with Crippen LogP contribution in [-0.4, -0.2) is 3.42 Å². The SMILES string of the molecule is CC1(C)CCC(C)(I)CC1. The lowest BCUT2D eigenvalue weighted by Gasteiger charge is -2.37. The Morgan fingerprint density at radius 1 is 0.900 bits per heavy atom. The van der Waals surface area contributed by atoms with E-state index in [9.17, 15) is 0 Å². The van der Waals surface area contributed by atoms with Gasteiger partial charge in [-0.1, -0.05) is 43.4 Å². The third-order valence-electron chi connectivity index (χ3n) is 2.65. The summed E-state index contributed by atoms with van der Waals surface area (Å²) in [4.78, 5) is 0. The molecule has 0 bridgehead atoms. The van der Waals surface area contributed by atoms with E-state index >= 15 is 0 Å². The summed E-state index contributed by atoms with van der Waals surface area (Å²) in [5.74, 6) is 0. The molecular formula is C9H17I. The van der Waals surface area contributed by atoms with Gasteiger partial charge in [0.1, 0.15) is 0 Å². The van der Waals surface area contributed by atoms with E-state index in [1.165, 1.54) is 25.7 Å². The van der Waals surface area contributed by atoms with Crippen molar-refractivity contribution in [2.75, 3.05) is 0 Å². The van der Waals surface area contributed by atoms with E-state index in [-0.39, 0.29) is 0 Å². The molecule has 0 saturated heterocycles. The van der Waals surface area contributed by atoms with Gasteiger partial charge in [0.15, 0.2) is 0 Å². The smallest absolute Gasteiger partial charge is 0.0194 e. The lowest BCUT2D eigenvalue weighted by molar-refractivity contribution is 0.224. The van der Waals surface area contributed by atoms with Crippen LogP contribution in [0, 0.1) is 5.41 Å². The molecule has 1 heteroatoms. The predicted octanol–water partition coefficient (Wildman–Crippen LogP) is 3.78. The molecule has 0 aliphatic heterocycles. The minimum atomic E-state index is 0.604. The molecule has 1 saturated carbocycles. The summed E-state index contributed by atoms with van der Waals surface area (Å²) >= 11 is 2.61. The molecule has 10 heavy (non-hydrogen) atoms. The normalized spacial score (nSPS) is 30.0. The number of halogens is 1. The fourth-order valence-electron chi connectivity index (χ4n) is 1.45. The van der Waals surface area contributed by atoms with E-state index in [1.54, 1.807) is 0 Å². The van der Waals surface area contributed by atoms with E-state index in [0.717, 1.165) is 0 Å². The van der Waals surface area contributed by atoms with Crippen molar-refractivity contribution in [3.63, 3.8) is 0 Å². The van der Waals surface area contributed by atoms with Crippen molar-refractivity contribution in [2.24, 2.45) is 5.41 Å². The van der Waals surface area contributed by atoms with Crippen LogP contribution in [0.3, 0.4) is 0 Å². The first kappa shape index (κ1) is 8.82. The molecule has 1 rings (SSSR count).